The van der Waals surface area contributed by atoms with Crippen LogP contribution in [0.1, 0.15) is 11.1 Å². The number of benzene rings is 1. The minimum atomic E-state index is 0.288. The highest BCUT2D eigenvalue weighted by Gasteiger charge is 1.88. The van der Waals surface area contributed by atoms with Gasteiger partial charge in [-0.05, 0) is 35.4 Å². The van der Waals surface area contributed by atoms with Crippen LogP contribution in [0.25, 0.3) is 12.2 Å². The summed E-state index contributed by atoms with van der Waals surface area (Å²) in [5.41, 5.74) is 2.17. The minimum Gasteiger partial charge on any atom is -0.508 e. The van der Waals surface area contributed by atoms with E-state index in [1.165, 1.54) is 0 Å². The summed E-state index contributed by atoms with van der Waals surface area (Å²) in [5, 5.41) is 9.11. The summed E-state index contributed by atoms with van der Waals surface area (Å²) in [4.78, 5) is 3.95. The van der Waals surface area contributed by atoms with Crippen molar-refractivity contribution in [2.75, 3.05) is 0 Å². The molecule has 1 aromatic carbocycles. The van der Waals surface area contributed by atoms with Crippen molar-refractivity contribution in [3.63, 3.8) is 0 Å². The van der Waals surface area contributed by atoms with Gasteiger partial charge in [-0.15, -0.1) is 0 Å². The molecule has 2 aromatic rings. The van der Waals surface area contributed by atoms with E-state index >= 15 is 0 Å². The normalized spacial score (nSPS) is 10.7. The van der Waals surface area contributed by atoms with Gasteiger partial charge in [0.25, 0.3) is 0 Å². The van der Waals surface area contributed by atoms with Gasteiger partial charge in [0.15, 0.2) is 0 Å². The molecule has 1 aromatic heterocycles. The molecule has 1 N–H and O–H groups in total. The van der Waals surface area contributed by atoms with Gasteiger partial charge in [-0.25, -0.2) is 0 Å². The molecule has 2 rings (SSSR count). The van der Waals surface area contributed by atoms with Crippen molar-refractivity contribution in [3.05, 3.63) is 59.9 Å². The molecule has 0 saturated carbocycles. The maximum absolute atomic E-state index is 9.11. The number of hydrogen-bond donors (Lipinski definition) is 1. The Morgan fingerprint density at radius 1 is 0.800 bits per heavy atom. The Labute approximate surface area is 88.5 Å². The number of rotatable bonds is 2. The first-order valence-electron chi connectivity index (χ1n) is 4.72. The van der Waals surface area contributed by atoms with E-state index in [0.717, 1.165) is 11.1 Å². The second-order valence-electron chi connectivity index (χ2n) is 3.21. The second-order valence-corrected chi connectivity index (χ2v) is 3.21. The fraction of sp³-hybridized carbons (Fsp3) is 0. The van der Waals surface area contributed by atoms with Crippen molar-refractivity contribution in [1.82, 2.24) is 4.98 Å². The molecule has 15 heavy (non-hydrogen) atoms. The molecule has 0 aliphatic carbocycles. The van der Waals surface area contributed by atoms with Gasteiger partial charge >= 0.3 is 0 Å². The van der Waals surface area contributed by atoms with Crippen LogP contribution in [0.4, 0.5) is 0 Å². The SMILES string of the molecule is Oc1ccc(/C=C\c2ccncc2)cc1. The molecule has 0 aliphatic rings. The van der Waals surface area contributed by atoms with Crippen LogP contribution < -0.4 is 0 Å². The van der Waals surface area contributed by atoms with Gasteiger partial charge in [0.05, 0.1) is 0 Å². The van der Waals surface area contributed by atoms with Gasteiger partial charge in [0, 0.05) is 12.4 Å². The van der Waals surface area contributed by atoms with Crippen molar-refractivity contribution < 1.29 is 5.11 Å². The summed E-state index contributed by atoms with van der Waals surface area (Å²) in [6, 6.07) is 11.0. The highest BCUT2D eigenvalue weighted by Crippen LogP contribution is 2.12. The molecular formula is C13H11NO. The lowest BCUT2D eigenvalue weighted by Crippen LogP contribution is -1.73. The van der Waals surface area contributed by atoms with Crippen LogP contribution in [0.15, 0.2) is 48.8 Å². The van der Waals surface area contributed by atoms with Gasteiger partial charge in [-0.1, -0.05) is 24.3 Å². The Morgan fingerprint density at radius 2 is 1.33 bits per heavy atom. The third-order valence-corrected chi connectivity index (χ3v) is 2.07. The Bertz CT molecular complexity index is 446. The molecule has 74 valence electrons. The Kier molecular flexibility index (Phi) is 2.79. The molecule has 1 heterocycles. The summed E-state index contributed by atoms with van der Waals surface area (Å²) < 4.78 is 0. The van der Waals surface area contributed by atoms with E-state index in [4.69, 9.17) is 5.11 Å². The molecule has 0 aliphatic heterocycles. The molecule has 0 saturated heterocycles. The van der Waals surface area contributed by atoms with Crippen LogP contribution in [-0.2, 0) is 0 Å². The zero-order valence-electron chi connectivity index (χ0n) is 8.17. The van der Waals surface area contributed by atoms with Crippen LogP contribution in [0.3, 0.4) is 0 Å². The highest BCUT2D eigenvalue weighted by molar-refractivity contribution is 5.69. The van der Waals surface area contributed by atoms with Gasteiger partial charge < -0.3 is 5.11 Å². The van der Waals surface area contributed by atoms with Gasteiger partial charge in [-0.3, -0.25) is 4.98 Å². The van der Waals surface area contributed by atoms with Crippen molar-refractivity contribution in [2.24, 2.45) is 0 Å². The Hall–Kier alpha value is -2.09. The van der Waals surface area contributed by atoms with E-state index in [1.807, 2.05) is 36.4 Å². The average Bonchev–Trinajstić information content (AvgIpc) is 2.30. The van der Waals surface area contributed by atoms with E-state index in [1.54, 1.807) is 24.5 Å². The van der Waals surface area contributed by atoms with Crippen LogP contribution >= 0.6 is 0 Å². The molecular weight excluding hydrogens is 186 g/mol. The Balaban J connectivity index is 2.15. The van der Waals surface area contributed by atoms with Crippen molar-refractivity contribution in [2.45, 2.75) is 0 Å². The van der Waals surface area contributed by atoms with Crippen LogP contribution in [0.5, 0.6) is 5.75 Å². The van der Waals surface area contributed by atoms with E-state index < -0.39 is 0 Å². The van der Waals surface area contributed by atoms with Crippen molar-refractivity contribution >= 4 is 12.2 Å². The second kappa shape index (κ2) is 4.42. The molecule has 0 atom stereocenters. The number of phenolic OH excluding ortho intramolecular Hbond substituents is 1. The minimum absolute atomic E-state index is 0.288. The predicted molar refractivity (Wildman–Crippen MR) is 61.3 cm³/mol. The van der Waals surface area contributed by atoms with E-state index in [-0.39, 0.29) is 5.75 Å². The third kappa shape index (κ3) is 2.68. The Morgan fingerprint density at radius 3 is 1.93 bits per heavy atom. The van der Waals surface area contributed by atoms with Crippen LogP contribution in [-0.4, -0.2) is 10.1 Å². The maximum atomic E-state index is 9.11. The molecule has 0 bridgehead atoms. The lowest BCUT2D eigenvalue weighted by molar-refractivity contribution is 0.475. The summed E-state index contributed by atoms with van der Waals surface area (Å²) in [7, 11) is 0. The third-order valence-electron chi connectivity index (χ3n) is 2.07. The molecule has 0 amide bonds. The summed E-state index contributed by atoms with van der Waals surface area (Å²) in [6.07, 6.45) is 7.52. The van der Waals surface area contributed by atoms with Crippen molar-refractivity contribution in [1.29, 1.82) is 0 Å². The molecule has 0 radical (unpaired) electrons. The smallest absolute Gasteiger partial charge is 0.115 e. The van der Waals surface area contributed by atoms with Crippen LogP contribution in [0.2, 0.25) is 0 Å². The number of hydrogen-bond acceptors (Lipinski definition) is 2. The molecule has 2 heteroatoms. The van der Waals surface area contributed by atoms with Gasteiger partial charge in [0.2, 0.25) is 0 Å². The lowest BCUT2D eigenvalue weighted by Gasteiger charge is -1.94. The number of pyridine rings is 1. The monoisotopic (exact) mass is 197 g/mol. The summed E-state index contributed by atoms with van der Waals surface area (Å²) in [6.45, 7) is 0. The quantitative estimate of drug-likeness (QED) is 0.802. The highest BCUT2D eigenvalue weighted by atomic mass is 16.3. The first-order valence-corrected chi connectivity index (χ1v) is 4.72. The van der Waals surface area contributed by atoms with E-state index in [2.05, 4.69) is 4.98 Å². The zero-order valence-corrected chi connectivity index (χ0v) is 8.17. The van der Waals surface area contributed by atoms with E-state index in [9.17, 15) is 0 Å². The summed E-state index contributed by atoms with van der Waals surface area (Å²) in [5.74, 6) is 0.288. The number of nitrogens with zero attached hydrogens (tertiary/aromatic N) is 1. The molecule has 2 nitrogen and oxygen atoms in total. The largest absolute Gasteiger partial charge is 0.508 e. The van der Waals surface area contributed by atoms with E-state index in [0.29, 0.717) is 0 Å². The fourth-order valence-electron chi connectivity index (χ4n) is 1.25. The predicted octanol–water partition coefficient (Wildman–Crippen LogP) is 2.96. The average molecular weight is 197 g/mol. The molecule has 0 fully saturated rings. The number of aromatic nitrogens is 1. The van der Waals surface area contributed by atoms with Crippen LogP contribution in [0, 0.1) is 0 Å². The lowest BCUT2D eigenvalue weighted by atomic mass is 10.1. The topological polar surface area (TPSA) is 33.1 Å². The zero-order chi connectivity index (χ0) is 10.5. The maximum Gasteiger partial charge on any atom is 0.115 e. The van der Waals surface area contributed by atoms with Gasteiger partial charge in [0.1, 0.15) is 5.75 Å². The fourth-order valence-corrected chi connectivity index (χ4v) is 1.25. The van der Waals surface area contributed by atoms with Gasteiger partial charge in [-0.2, -0.15) is 0 Å². The van der Waals surface area contributed by atoms with Crippen molar-refractivity contribution in [3.8, 4) is 5.75 Å². The summed E-state index contributed by atoms with van der Waals surface area (Å²) >= 11 is 0. The number of phenols is 1. The first-order chi connectivity index (χ1) is 7.34. The standard InChI is InChI=1S/C13H11NO/c15-13-5-3-11(4-6-13)1-2-12-7-9-14-10-8-12/h1-10,15H/b2-1-. The molecule has 0 spiro atoms. The number of aromatic hydroxyl groups is 1. The molecule has 0 unspecified atom stereocenters. The first kappa shape index (κ1) is 9.46.